The van der Waals surface area contributed by atoms with E-state index in [4.69, 9.17) is 5.53 Å². The first-order valence-electron chi connectivity index (χ1n) is 6.33. The number of Topliss-reactive ketones (excluding diaryl/α,β-unsaturated/α-hetero) is 1. The van der Waals surface area contributed by atoms with Crippen LogP contribution in [0.5, 0.6) is 5.75 Å². The molecule has 0 N–H and O–H groups in total. The molecule has 1 aromatic rings. The molecule has 1 fully saturated rings. The van der Waals surface area contributed by atoms with Gasteiger partial charge in [0.25, 0.3) is 0 Å². The first-order valence-corrected chi connectivity index (χ1v) is 6.33. The lowest BCUT2D eigenvalue weighted by Crippen LogP contribution is -2.36. The Balaban J connectivity index is 2.44. The van der Waals surface area contributed by atoms with Gasteiger partial charge in [-0.15, -0.1) is 13.2 Å². The third kappa shape index (κ3) is 3.28. The molecule has 0 radical (unpaired) electrons. The Bertz CT molecular complexity index is 597. The van der Waals surface area contributed by atoms with E-state index in [1.54, 1.807) is 0 Å². The van der Waals surface area contributed by atoms with Gasteiger partial charge in [0.2, 0.25) is 0 Å². The molecule has 1 aliphatic carbocycles. The van der Waals surface area contributed by atoms with Crippen molar-refractivity contribution in [2.75, 3.05) is 0 Å². The second-order valence-electron chi connectivity index (χ2n) is 4.76. The summed E-state index contributed by atoms with van der Waals surface area (Å²) < 4.78 is 40.6. The second kappa shape index (κ2) is 5.65. The van der Waals surface area contributed by atoms with E-state index in [2.05, 4.69) is 14.8 Å². The number of halogens is 3. The summed E-state index contributed by atoms with van der Waals surface area (Å²) in [7, 11) is 0. The van der Waals surface area contributed by atoms with Crippen LogP contribution < -0.4 is 4.74 Å². The predicted octanol–water partition coefficient (Wildman–Crippen LogP) is 4.23. The maximum absolute atomic E-state index is 12.3. The summed E-state index contributed by atoms with van der Waals surface area (Å²) in [4.78, 5) is 14.9. The first kappa shape index (κ1) is 15.2. The summed E-state index contributed by atoms with van der Waals surface area (Å²) >= 11 is 0. The molecule has 1 unspecified atom stereocenters. The summed E-state index contributed by atoms with van der Waals surface area (Å²) in [5, 5.41) is 3.60. The van der Waals surface area contributed by atoms with Crippen LogP contribution in [0.1, 0.15) is 31.2 Å². The van der Waals surface area contributed by atoms with Crippen LogP contribution in [0.25, 0.3) is 10.4 Å². The van der Waals surface area contributed by atoms with E-state index < -0.39 is 17.7 Å². The predicted molar refractivity (Wildman–Crippen MR) is 67.4 cm³/mol. The van der Waals surface area contributed by atoms with E-state index in [1.165, 1.54) is 12.1 Å². The first-order chi connectivity index (χ1) is 9.87. The van der Waals surface area contributed by atoms with Gasteiger partial charge in [-0.1, -0.05) is 23.7 Å². The van der Waals surface area contributed by atoms with Gasteiger partial charge >= 0.3 is 6.36 Å². The summed E-state index contributed by atoms with van der Waals surface area (Å²) in [5.41, 5.74) is 7.51. The van der Waals surface area contributed by atoms with Crippen LogP contribution >= 0.6 is 0 Å². The Morgan fingerprint density at radius 2 is 2.10 bits per heavy atom. The molecule has 0 heterocycles. The molecule has 0 aromatic heterocycles. The number of alkyl halides is 3. The fraction of sp³-hybridized carbons (Fsp3) is 0.462. The minimum Gasteiger partial charge on any atom is -0.406 e. The van der Waals surface area contributed by atoms with Crippen LogP contribution in [0.4, 0.5) is 13.2 Å². The molecular weight excluding hydrogens is 287 g/mol. The standard InChI is InChI=1S/C13H12F3N3O2/c14-13(15,16)21-10-5-3-4-9(8-10)12(18-19-17)7-2-1-6-11(12)20/h3-5,8H,1-2,6-7H2. The van der Waals surface area contributed by atoms with Crippen molar-refractivity contribution in [1.29, 1.82) is 0 Å². The number of ketones is 1. The van der Waals surface area contributed by atoms with Crippen LogP contribution in [0.15, 0.2) is 29.4 Å². The maximum atomic E-state index is 12.3. The van der Waals surface area contributed by atoms with Crippen molar-refractivity contribution < 1.29 is 22.7 Å². The normalized spacial score (nSPS) is 22.5. The van der Waals surface area contributed by atoms with Crippen molar-refractivity contribution in [3.8, 4) is 5.75 Å². The Hall–Kier alpha value is -2.21. The number of azide groups is 1. The van der Waals surface area contributed by atoms with Gasteiger partial charge in [0, 0.05) is 11.3 Å². The smallest absolute Gasteiger partial charge is 0.406 e. The molecule has 1 aliphatic rings. The molecule has 1 atom stereocenters. The van der Waals surface area contributed by atoms with E-state index >= 15 is 0 Å². The highest BCUT2D eigenvalue weighted by Gasteiger charge is 2.41. The summed E-state index contributed by atoms with van der Waals surface area (Å²) in [6, 6.07) is 5.05. The number of carbonyl (C=O) groups is 1. The monoisotopic (exact) mass is 299 g/mol. The Morgan fingerprint density at radius 1 is 1.33 bits per heavy atom. The van der Waals surface area contributed by atoms with Crippen molar-refractivity contribution in [2.45, 2.75) is 37.6 Å². The fourth-order valence-electron chi connectivity index (χ4n) is 2.51. The van der Waals surface area contributed by atoms with Crippen LogP contribution in [-0.2, 0) is 10.3 Å². The highest BCUT2D eigenvalue weighted by Crippen LogP contribution is 2.40. The molecule has 1 aromatic carbocycles. The van der Waals surface area contributed by atoms with Crippen molar-refractivity contribution in [3.05, 3.63) is 40.3 Å². The van der Waals surface area contributed by atoms with E-state index in [1.807, 2.05) is 0 Å². The molecule has 0 aliphatic heterocycles. The quantitative estimate of drug-likeness (QED) is 0.475. The maximum Gasteiger partial charge on any atom is 0.573 e. The lowest BCUT2D eigenvalue weighted by Gasteiger charge is -2.31. The fourth-order valence-corrected chi connectivity index (χ4v) is 2.51. The Morgan fingerprint density at radius 3 is 2.71 bits per heavy atom. The van der Waals surface area contributed by atoms with Crippen LogP contribution in [-0.4, -0.2) is 12.1 Å². The lowest BCUT2D eigenvalue weighted by atomic mass is 9.76. The van der Waals surface area contributed by atoms with Gasteiger partial charge in [0.1, 0.15) is 17.1 Å². The SMILES string of the molecule is [N-]=[N+]=NC1(c2cccc(OC(F)(F)F)c2)CCCCC1=O. The Kier molecular flexibility index (Phi) is 4.09. The zero-order chi connectivity index (χ0) is 15.5. The number of ether oxygens (including phenoxy) is 1. The molecule has 1 saturated carbocycles. The molecule has 0 saturated heterocycles. The van der Waals surface area contributed by atoms with Gasteiger partial charge < -0.3 is 4.74 Å². The number of benzene rings is 1. The van der Waals surface area contributed by atoms with Gasteiger partial charge in [-0.05, 0) is 36.1 Å². The molecular formula is C13H12F3N3O2. The zero-order valence-corrected chi connectivity index (χ0v) is 10.9. The lowest BCUT2D eigenvalue weighted by molar-refractivity contribution is -0.274. The summed E-state index contributed by atoms with van der Waals surface area (Å²) in [6.07, 6.45) is -2.95. The van der Waals surface area contributed by atoms with Crippen LogP contribution in [0.2, 0.25) is 0 Å². The highest BCUT2D eigenvalue weighted by atomic mass is 19.4. The average molecular weight is 299 g/mol. The van der Waals surface area contributed by atoms with Gasteiger partial charge in [-0.25, -0.2) is 0 Å². The van der Waals surface area contributed by atoms with Crippen molar-refractivity contribution in [3.63, 3.8) is 0 Å². The van der Waals surface area contributed by atoms with Crippen molar-refractivity contribution >= 4 is 5.78 Å². The molecule has 0 bridgehead atoms. The number of carbonyl (C=O) groups excluding carboxylic acids is 1. The van der Waals surface area contributed by atoms with E-state index in [9.17, 15) is 18.0 Å². The molecule has 2 rings (SSSR count). The minimum atomic E-state index is -4.82. The molecule has 8 heteroatoms. The third-order valence-electron chi connectivity index (χ3n) is 3.41. The summed E-state index contributed by atoms with van der Waals surface area (Å²) in [5.74, 6) is -0.721. The zero-order valence-electron chi connectivity index (χ0n) is 10.9. The average Bonchev–Trinajstić information content (AvgIpc) is 2.40. The topological polar surface area (TPSA) is 75.1 Å². The molecule has 0 spiro atoms. The second-order valence-corrected chi connectivity index (χ2v) is 4.76. The third-order valence-corrected chi connectivity index (χ3v) is 3.41. The van der Waals surface area contributed by atoms with Gasteiger partial charge in [0.05, 0.1) is 0 Å². The number of nitrogens with zero attached hydrogens (tertiary/aromatic N) is 3. The summed E-state index contributed by atoms with van der Waals surface area (Å²) in [6.45, 7) is 0. The van der Waals surface area contributed by atoms with Gasteiger partial charge in [0.15, 0.2) is 0 Å². The van der Waals surface area contributed by atoms with E-state index in [0.717, 1.165) is 12.1 Å². The van der Waals surface area contributed by atoms with Gasteiger partial charge in [-0.3, -0.25) is 4.79 Å². The van der Waals surface area contributed by atoms with E-state index in [-0.39, 0.29) is 24.2 Å². The molecule has 0 amide bonds. The minimum absolute atomic E-state index is 0.228. The van der Waals surface area contributed by atoms with Crippen LogP contribution in [0.3, 0.4) is 0 Å². The van der Waals surface area contributed by atoms with Crippen LogP contribution in [0, 0.1) is 0 Å². The highest BCUT2D eigenvalue weighted by molar-refractivity contribution is 5.90. The van der Waals surface area contributed by atoms with E-state index in [0.29, 0.717) is 12.8 Å². The number of hydrogen-bond acceptors (Lipinski definition) is 3. The molecule has 21 heavy (non-hydrogen) atoms. The van der Waals surface area contributed by atoms with Crippen molar-refractivity contribution in [1.82, 2.24) is 0 Å². The number of rotatable bonds is 3. The molecule has 5 nitrogen and oxygen atoms in total. The number of hydrogen-bond donors (Lipinski definition) is 0. The largest absolute Gasteiger partial charge is 0.573 e. The van der Waals surface area contributed by atoms with Crippen molar-refractivity contribution in [2.24, 2.45) is 5.11 Å². The van der Waals surface area contributed by atoms with Gasteiger partial charge in [-0.2, -0.15) is 0 Å². The molecule has 112 valence electrons. The Labute approximate surface area is 118 Å².